The largest absolute Gasteiger partial charge is 0.490 e. The first-order valence-electron chi connectivity index (χ1n) is 10.3. The molecule has 0 radical (unpaired) electrons. The van der Waals surface area contributed by atoms with E-state index in [0.717, 1.165) is 31.7 Å². The van der Waals surface area contributed by atoms with Crippen molar-refractivity contribution in [1.82, 2.24) is 19.4 Å². The number of carboxylic acid groups (broad SMARTS) is 1. The molecule has 0 aliphatic carbocycles. The van der Waals surface area contributed by atoms with E-state index in [2.05, 4.69) is 15.3 Å². The van der Waals surface area contributed by atoms with Gasteiger partial charge in [0.1, 0.15) is 5.56 Å². The number of ether oxygens (including phenoxy) is 3. The summed E-state index contributed by atoms with van der Waals surface area (Å²) < 4.78 is 49.5. The summed E-state index contributed by atoms with van der Waals surface area (Å²) in [7, 11) is 3.00. The van der Waals surface area contributed by atoms with E-state index in [4.69, 9.17) is 29.1 Å². The minimum Gasteiger partial charge on any atom is -0.480 e. The topological polar surface area (TPSA) is 137 Å². The molecule has 0 spiro atoms. The van der Waals surface area contributed by atoms with Crippen LogP contribution in [0, 0.1) is 0 Å². The van der Waals surface area contributed by atoms with E-state index >= 15 is 0 Å². The number of pyridine rings is 1. The number of nitrogens with zero attached hydrogens (tertiary/aromatic N) is 4. The molecule has 4 heterocycles. The summed E-state index contributed by atoms with van der Waals surface area (Å²) in [5.41, 5.74) is 1.90. The summed E-state index contributed by atoms with van der Waals surface area (Å²) in [5.74, 6) is -1.85. The quantitative estimate of drug-likeness (QED) is 0.545. The highest BCUT2D eigenvalue weighted by Crippen LogP contribution is 2.29. The van der Waals surface area contributed by atoms with E-state index < -0.39 is 12.1 Å². The second-order valence-corrected chi connectivity index (χ2v) is 7.24. The van der Waals surface area contributed by atoms with E-state index in [0.29, 0.717) is 28.8 Å². The number of carbonyl (C=O) groups excluding carboxylic acids is 1. The Bertz CT molecular complexity index is 1190. The summed E-state index contributed by atoms with van der Waals surface area (Å²) >= 11 is 0. The Labute approximate surface area is 196 Å². The number of methoxy groups -OCH3 is 2. The van der Waals surface area contributed by atoms with Crippen molar-refractivity contribution in [2.45, 2.75) is 24.9 Å². The maximum absolute atomic E-state index is 12.6. The monoisotopic (exact) mass is 497 g/mol. The summed E-state index contributed by atoms with van der Waals surface area (Å²) in [4.78, 5) is 34.6. The minimum atomic E-state index is -5.08. The number of carbonyl (C=O) groups is 2. The van der Waals surface area contributed by atoms with Crippen LogP contribution in [0.3, 0.4) is 0 Å². The third-order valence-electron chi connectivity index (χ3n) is 4.95. The number of amides is 1. The number of halogens is 3. The van der Waals surface area contributed by atoms with E-state index in [-0.39, 0.29) is 11.8 Å². The fourth-order valence-corrected chi connectivity index (χ4v) is 3.29. The molecule has 2 N–H and O–H groups in total. The first kappa shape index (κ1) is 25.7. The molecular weight excluding hydrogens is 475 g/mol. The van der Waals surface area contributed by atoms with Gasteiger partial charge in [0.2, 0.25) is 11.5 Å². The molecule has 1 aliphatic rings. The number of imidazole rings is 1. The molecule has 1 fully saturated rings. The number of nitrogens with one attached hydrogen (secondary N) is 1. The molecule has 0 unspecified atom stereocenters. The molecule has 35 heavy (non-hydrogen) atoms. The fraction of sp³-hybridized carbons (Fsp3) is 0.381. The van der Waals surface area contributed by atoms with Gasteiger partial charge in [-0.15, -0.1) is 0 Å². The van der Waals surface area contributed by atoms with Crippen LogP contribution in [0.15, 0.2) is 30.7 Å². The van der Waals surface area contributed by atoms with Crippen LogP contribution in [-0.2, 0) is 9.53 Å². The Morgan fingerprint density at radius 3 is 2.40 bits per heavy atom. The van der Waals surface area contributed by atoms with Crippen molar-refractivity contribution < 1.29 is 42.1 Å². The van der Waals surface area contributed by atoms with Gasteiger partial charge in [-0.2, -0.15) is 18.2 Å². The van der Waals surface area contributed by atoms with Crippen LogP contribution in [0.2, 0.25) is 0 Å². The van der Waals surface area contributed by atoms with Crippen molar-refractivity contribution in [3.8, 4) is 11.8 Å². The van der Waals surface area contributed by atoms with Crippen LogP contribution in [0.25, 0.3) is 5.65 Å². The third kappa shape index (κ3) is 6.35. The molecule has 0 bridgehead atoms. The van der Waals surface area contributed by atoms with Gasteiger partial charge in [0.05, 0.1) is 26.1 Å². The molecule has 0 saturated carbocycles. The summed E-state index contributed by atoms with van der Waals surface area (Å²) in [6, 6.07) is 3.31. The van der Waals surface area contributed by atoms with E-state index in [1.165, 1.54) is 14.2 Å². The van der Waals surface area contributed by atoms with Crippen molar-refractivity contribution in [3.05, 3.63) is 42.0 Å². The van der Waals surface area contributed by atoms with Crippen molar-refractivity contribution in [1.29, 1.82) is 0 Å². The molecule has 3 aromatic heterocycles. The van der Waals surface area contributed by atoms with Crippen molar-refractivity contribution in [3.63, 3.8) is 0 Å². The fourth-order valence-electron chi connectivity index (χ4n) is 3.29. The number of aromatic nitrogens is 4. The highest BCUT2D eigenvalue weighted by atomic mass is 19.4. The zero-order valence-corrected chi connectivity index (χ0v) is 18.7. The SMILES string of the molecule is COc1ncccc1C(=O)Nc1cn2cc(C3CCOCC3)nc2c(OC)n1.O=C(O)C(F)(F)F. The molecule has 0 aromatic carbocycles. The molecule has 0 atom stereocenters. The van der Waals surface area contributed by atoms with E-state index in [9.17, 15) is 18.0 Å². The maximum atomic E-state index is 12.6. The maximum Gasteiger partial charge on any atom is 0.490 e. The number of fused-ring (bicyclic) bond motifs is 1. The number of alkyl halides is 3. The Morgan fingerprint density at radius 1 is 1.14 bits per heavy atom. The lowest BCUT2D eigenvalue weighted by molar-refractivity contribution is -0.192. The van der Waals surface area contributed by atoms with Crippen LogP contribution in [0.5, 0.6) is 11.8 Å². The standard InChI is InChI=1S/C19H21N5O4.C2HF3O2/c1-26-18-13(4-3-7-20-18)17(25)22-15-11-24-10-14(12-5-8-28-9-6-12)21-16(24)19(23-15)27-2;3-2(4,5)1(6)7/h3-4,7,10-12H,5-6,8-9H2,1-2H3,(H,22,25);(H,6,7). The Balaban J connectivity index is 0.000000429. The van der Waals surface area contributed by atoms with Gasteiger partial charge >= 0.3 is 12.1 Å². The van der Waals surface area contributed by atoms with Crippen LogP contribution in [-0.4, -0.2) is 69.9 Å². The molecule has 3 aromatic rings. The van der Waals surface area contributed by atoms with Gasteiger partial charge in [-0.1, -0.05) is 0 Å². The molecule has 11 nitrogen and oxygen atoms in total. The van der Waals surface area contributed by atoms with Gasteiger partial charge in [-0.05, 0) is 25.0 Å². The van der Waals surface area contributed by atoms with Gasteiger partial charge in [-0.25, -0.2) is 14.8 Å². The first-order chi connectivity index (χ1) is 16.6. The Morgan fingerprint density at radius 2 is 1.80 bits per heavy atom. The average Bonchev–Trinajstić information content (AvgIpc) is 3.28. The van der Waals surface area contributed by atoms with Gasteiger partial charge < -0.3 is 24.6 Å². The molecular formula is C21H22F3N5O6. The van der Waals surface area contributed by atoms with Crippen molar-refractivity contribution >= 4 is 23.3 Å². The molecule has 1 amide bonds. The lowest BCUT2D eigenvalue weighted by Crippen LogP contribution is -2.21. The van der Waals surface area contributed by atoms with Crippen molar-refractivity contribution in [2.24, 2.45) is 0 Å². The number of rotatable bonds is 5. The molecule has 1 saturated heterocycles. The van der Waals surface area contributed by atoms with Crippen LogP contribution < -0.4 is 14.8 Å². The second-order valence-electron chi connectivity index (χ2n) is 7.24. The highest BCUT2D eigenvalue weighted by Gasteiger charge is 2.38. The predicted molar refractivity (Wildman–Crippen MR) is 115 cm³/mol. The van der Waals surface area contributed by atoms with Crippen molar-refractivity contribution in [2.75, 3.05) is 32.8 Å². The second kappa shape index (κ2) is 11.0. The lowest BCUT2D eigenvalue weighted by Gasteiger charge is -2.19. The van der Waals surface area contributed by atoms with E-state index in [1.807, 2.05) is 10.6 Å². The van der Waals surface area contributed by atoms with Gasteiger partial charge in [0.25, 0.3) is 11.8 Å². The van der Waals surface area contributed by atoms with Crippen LogP contribution in [0.4, 0.5) is 19.0 Å². The van der Waals surface area contributed by atoms with E-state index in [1.54, 1.807) is 24.5 Å². The summed E-state index contributed by atoms with van der Waals surface area (Å²) in [6.07, 6.45) is 2.02. The number of hydrogen-bond acceptors (Lipinski definition) is 8. The lowest BCUT2D eigenvalue weighted by atomic mass is 9.97. The molecule has 4 rings (SSSR count). The summed E-state index contributed by atoms with van der Waals surface area (Å²) in [5, 5.41) is 9.89. The number of aliphatic carboxylic acids is 1. The van der Waals surface area contributed by atoms with Gasteiger partial charge in [0.15, 0.2) is 5.82 Å². The number of anilines is 1. The Hall–Kier alpha value is -3.94. The van der Waals surface area contributed by atoms with Gasteiger partial charge in [0, 0.05) is 31.5 Å². The summed E-state index contributed by atoms with van der Waals surface area (Å²) in [6.45, 7) is 1.48. The van der Waals surface area contributed by atoms with Gasteiger partial charge in [-0.3, -0.25) is 9.20 Å². The third-order valence-corrected chi connectivity index (χ3v) is 4.95. The normalized spacial score (nSPS) is 14.1. The average molecular weight is 497 g/mol. The number of hydrogen-bond donors (Lipinski definition) is 2. The highest BCUT2D eigenvalue weighted by molar-refractivity contribution is 6.05. The first-order valence-corrected chi connectivity index (χ1v) is 10.3. The smallest absolute Gasteiger partial charge is 0.480 e. The zero-order valence-electron chi connectivity index (χ0n) is 18.7. The minimum absolute atomic E-state index is 0.248. The molecule has 14 heteroatoms. The molecule has 1 aliphatic heterocycles. The predicted octanol–water partition coefficient (Wildman–Crippen LogP) is 2.92. The molecule has 188 valence electrons. The number of carboxylic acids is 1. The zero-order chi connectivity index (χ0) is 25.6. The van der Waals surface area contributed by atoms with Crippen LogP contribution in [0.1, 0.15) is 34.8 Å². The van der Waals surface area contributed by atoms with Crippen LogP contribution >= 0.6 is 0 Å². The Kier molecular flexibility index (Phi) is 8.06.